The zero-order valence-corrected chi connectivity index (χ0v) is 17.4. The van der Waals surface area contributed by atoms with Gasteiger partial charge in [0.05, 0.1) is 5.92 Å². The third kappa shape index (κ3) is 7.60. The summed E-state index contributed by atoms with van der Waals surface area (Å²) in [7, 11) is 1.42. The van der Waals surface area contributed by atoms with Gasteiger partial charge in [0, 0.05) is 19.1 Å². The van der Waals surface area contributed by atoms with Gasteiger partial charge in [-0.15, -0.1) is 0 Å². The Labute approximate surface area is 167 Å². The first kappa shape index (κ1) is 24.1. The van der Waals surface area contributed by atoms with Gasteiger partial charge in [-0.25, -0.2) is 0 Å². The van der Waals surface area contributed by atoms with Crippen molar-refractivity contribution in [3.8, 4) is 0 Å². The molecule has 0 radical (unpaired) electrons. The molecule has 3 atom stereocenters. The highest BCUT2D eigenvalue weighted by molar-refractivity contribution is 6.00. The molecule has 1 aliphatic carbocycles. The van der Waals surface area contributed by atoms with Crippen molar-refractivity contribution >= 4 is 11.8 Å². The molecule has 6 nitrogen and oxygen atoms in total. The number of ketones is 1. The van der Waals surface area contributed by atoms with E-state index in [0.29, 0.717) is 6.42 Å². The summed E-state index contributed by atoms with van der Waals surface area (Å²) in [6.07, 6.45) is 6.82. The van der Waals surface area contributed by atoms with E-state index >= 15 is 0 Å². The van der Waals surface area contributed by atoms with Crippen LogP contribution in [0.3, 0.4) is 0 Å². The normalized spacial score (nSPS) is 22.5. The van der Waals surface area contributed by atoms with E-state index in [1.54, 1.807) is 6.92 Å². The van der Waals surface area contributed by atoms with E-state index in [4.69, 9.17) is 9.84 Å². The molecule has 0 saturated heterocycles. The Balaban J connectivity index is 2.49. The van der Waals surface area contributed by atoms with Crippen LogP contribution in [0.1, 0.15) is 65.7 Å². The van der Waals surface area contributed by atoms with Crippen molar-refractivity contribution in [2.75, 3.05) is 7.11 Å². The summed E-state index contributed by atoms with van der Waals surface area (Å²) in [4.78, 5) is 23.1. The van der Waals surface area contributed by atoms with E-state index in [1.165, 1.54) is 12.7 Å². The van der Waals surface area contributed by atoms with Crippen LogP contribution in [0.2, 0.25) is 0 Å². The van der Waals surface area contributed by atoms with Crippen molar-refractivity contribution in [1.29, 1.82) is 0 Å². The van der Waals surface area contributed by atoms with Gasteiger partial charge in [-0.3, -0.25) is 9.59 Å². The fourth-order valence-electron chi connectivity index (χ4n) is 3.19. The minimum absolute atomic E-state index is 0.0860. The summed E-state index contributed by atoms with van der Waals surface area (Å²) < 4.78 is 5.09. The third-order valence-electron chi connectivity index (χ3n) is 5.25. The Hall–Kier alpha value is -1.92. The molecule has 3 N–H and O–H groups in total. The molecule has 0 heterocycles. The Kier molecular flexibility index (Phi) is 10.2. The summed E-state index contributed by atoms with van der Waals surface area (Å²) >= 11 is 0. The molecule has 0 saturated carbocycles. The Morgan fingerprint density at radius 1 is 1.25 bits per heavy atom. The highest BCUT2D eigenvalue weighted by Gasteiger charge is 2.34. The topological polar surface area (TPSA) is 104 Å². The van der Waals surface area contributed by atoms with Crippen LogP contribution < -0.4 is 0 Å². The molecule has 1 aliphatic rings. The monoisotopic (exact) mass is 394 g/mol. The number of carbonyl (C=O) groups is 2. The average molecular weight is 395 g/mol. The number of hydrogen-bond donors (Lipinski definition) is 3. The first-order chi connectivity index (χ1) is 13.2. The number of carbonyl (C=O) groups excluding carboxylic acids is 1. The quantitative estimate of drug-likeness (QED) is 0.456. The van der Waals surface area contributed by atoms with Crippen LogP contribution in [-0.2, 0) is 14.3 Å². The van der Waals surface area contributed by atoms with Gasteiger partial charge in [-0.2, -0.15) is 0 Å². The van der Waals surface area contributed by atoms with Crippen molar-refractivity contribution in [1.82, 2.24) is 0 Å². The van der Waals surface area contributed by atoms with E-state index in [2.05, 4.69) is 13.0 Å². The second-order valence-electron chi connectivity index (χ2n) is 7.68. The zero-order chi connectivity index (χ0) is 21.3. The molecule has 0 aromatic rings. The average Bonchev–Trinajstić information content (AvgIpc) is 2.64. The van der Waals surface area contributed by atoms with E-state index in [1.807, 2.05) is 13.0 Å². The smallest absolute Gasteiger partial charge is 0.306 e. The highest BCUT2D eigenvalue weighted by Crippen LogP contribution is 2.26. The van der Waals surface area contributed by atoms with Crippen molar-refractivity contribution < 1.29 is 29.6 Å². The van der Waals surface area contributed by atoms with Crippen molar-refractivity contribution in [3.05, 3.63) is 34.6 Å². The number of Topliss-reactive ketones (excluding diaryl/α,β-unsaturated/α-hetero) is 1. The van der Waals surface area contributed by atoms with Gasteiger partial charge in [-0.05, 0) is 52.4 Å². The van der Waals surface area contributed by atoms with Crippen LogP contribution in [0.15, 0.2) is 34.6 Å². The lowest BCUT2D eigenvalue weighted by Crippen LogP contribution is -2.36. The third-order valence-corrected chi connectivity index (χ3v) is 5.25. The maximum atomic E-state index is 12.3. The fraction of sp³-hybridized carbons (Fsp3) is 0.636. The molecular formula is C22H34O6. The molecule has 0 aromatic carbocycles. The number of carboxylic acid groups (broad SMARTS) is 1. The predicted molar refractivity (Wildman–Crippen MR) is 108 cm³/mol. The lowest BCUT2D eigenvalue weighted by Gasteiger charge is -2.25. The van der Waals surface area contributed by atoms with Crippen molar-refractivity contribution in [2.24, 2.45) is 5.92 Å². The van der Waals surface area contributed by atoms with Crippen LogP contribution >= 0.6 is 0 Å². The second-order valence-corrected chi connectivity index (χ2v) is 7.68. The first-order valence-corrected chi connectivity index (χ1v) is 9.88. The number of rotatable bonds is 11. The van der Waals surface area contributed by atoms with Crippen LogP contribution in [0.5, 0.6) is 0 Å². The Morgan fingerprint density at radius 3 is 2.50 bits per heavy atom. The van der Waals surface area contributed by atoms with E-state index < -0.39 is 18.2 Å². The van der Waals surface area contributed by atoms with E-state index in [-0.39, 0.29) is 35.9 Å². The number of ether oxygens (including phenoxy) is 1. The van der Waals surface area contributed by atoms with Crippen molar-refractivity contribution in [3.63, 3.8) is 0 Å². The summed E-state index contributed by atoms with van der Waals surface area (Å²) in [5.41, 5.74) is 2.58. The van der Waals surface area contributed by atoms with Crippen molar-refractivity contribution in [2.45, 2.75) is 77.9 Å². The lowest BCUT2D eigenvalue weighted by atomic mass is 9.89. The number of hydrogen-bond acceptors (Lipinski definition) is 5. The molecule has 6 heteroatoms. The minimum atomic E-state index is -1.05. The standard InChI is InChI=1S/C22H34O6/c1-14(9-6-10-16(3)22(26)27)7-5-8-15(2)11-12-17-20(24)18(23)13-19(28-4)21(17)25/h7,11,16,18-19,23-24H,5-6,8-10,12-13H2,1-4H3,(H,26,27). The van der Waals surface area contributed by atoms with Crippen LogP contribution in [0, 0.1) is 5.92 Å². The van der Waals surface area contributed by atoms with Crippen LogP contribution in [-0.4, -0.2) is 46.4 Å². The van der Waals surface area contributed by atoms with Crippen LogP contribution in [0.4, 0.5) is 0 Å². The van der Waals surface area contributed by atoms with E-state index in [0.717, 1.165) is 31.3 Å². The lowest BCUT2D eigenvalue weighted by molar-refractivity contribution is -0.141. The SMILES string of the molecule is COC1CC(O)C(O)=C(CC=C(C)CCC=C(C)CCCC(C)C(=O)O)C1=O. The van der Waals surface area contributed by atoms with Gasteiger partial charge in [0.2, 0.25) is 0 Å². The fourth-order valence-corrected chi connectivity index (χ4v) is 3.19. The molecule has 1 rings (SSSR count). The highest BCUT2D eigenvalue weighted by atomic mass is 16.5. The largest absolute Gasteiger partial charge is 0.509 e. The molecule has 0 bridgehead atoms. The second kappa shape index (κ2) is 11.8. The number of carboxylic acids is 1. The van der Waals surface area contributed by atoms with Gasteiger partial charge in [0.15, 0.2) is 5.78 Å². The van der Waals surface area contributed by atoms with Gasteiger partial charge in [0.1, 0.15) is 18.0 Å². The summed E-state index contributed by atoms with van der Waals surface area (Å²) in [5.74, 6) is -1.55. The number of methoxy groups -OCH3 is 1. The van der Waals surface area contributed by atoms with Gasteiger partial charge in [-0.1, -0.05) is 30.2 Å². The van der Waals surface area contributed by atoms with Gasteiger partial charge in [0.25, 0.3) is 0 Å². The molecule has 0 fully saturated rings. The maximum Gasteiger partial charge on any atom is 0.306 e. The van der Waals surface area contributed by atoms with E-state index in [9.17, 15) is 19.8 Å². The predicted octanol–water partition coefficient (Wildman–Crippen LogP) is 4.10. The first-order valence-electron chi connectivity index (χ1n) is 9.88. The van der Waals surface area contributed by atoms with Gasteiger partial charge < -0.3 is 20.1 Å². The maximum absolute atomic E-state index is 12.3. The molecule has 3 unspecified atom stereocenters. The zero-order valence-electron chi connectivity index (χ0n) is 17.4. The number of aliphatic carboxylic acids is 1. The Morgan fingerprint density at radius 2 is 1.89 bits per heavy atom. The molecule has 28 heavy (non-hydrogen) atoms. The molecule has 0 amide bonds. The summed E-state index contributed by atoms with van der Waals surface area (Å²) in [6, 6.07) is 0. The molecule has 0 spiro atoms. The molecule has 0 aromatic heterocycles. The summed E-state index contributed by atoms with van der Waals surface area (Å²) in [6.45, 7) is 5.76. The molecule has 0 aliphatic heterocycles. The minimum Gasteiger partial charge on any atom is -0.509 e. The molecular weight excluding hydrogens is 360 g/mol. The Bertz CT molecular complexity index is 643. The van der Waals surface area contributed by atoms with Crippen LogP contribution in [0.25, 0.3) is 0 Å². The number of allylic oxidation sites excluding steroid dienone is 4. The molecule has 158 valence electrons. The number of aliphatic hydroxyl groups is 2. The van der Waals surface area contributed by atoms with Gasteiger partial charge >= 0.3 is 5.97 Å². The summed E-state index contributed by atoms with van der Waals surface area (Å²) in [5, 5.41) is 28.8. The number of aliphatic hydroxyl groups excluding tert-OH is 2.